The number of aryl methyl sites for hydroxylation is 1. The molecule has 7 heteroatoms. The van der Waals surface area contributed by atoms with E-state index in [1.807, 2.05) is 61.7 Å². The molecule has 1 aromatic carbocycles. The molecule has 0 bridgehead atoms. The van der Waals surface area contributed by atoms with Crippen molar-refractivity contribution >= 4 is 10.0 Å². The molecular weight excluding hydrogens is 336 g/mol. The standard InChI is InChI=1S/C18H20N4O2S/c1-15-5-4-6-16(13-15)14-25(23,24)20-10-12-22-11-8-18(21-22)17-7-2-3-9-19-17/h2-9,11,13,20H,10,12,14H2,1H3. The first-order valence-corrected chi connectivity index (χ1v) is 9.65. The van der Waals surface area contributed by atoms with Gasteiger partial charge in [0.25, 0.3) is 0 Å². The molecule has 0 saturated heterocycles. The summed E-state index contributed by atoms with van der Waals surface area (Å²) < 4.78 is 28.7. The summed E-state index contributed by atoms with van der Waals surface area (Å²) in [6.07, 6.45) is 3.53. The summed E-state index contributed by atoms with van der Waals surface area (Å²) in [5.74, 6) is -0.0209. The van der Waals surface area contributed by atoms with Crippen molar-refractivity contribution in [1.29, 1.82) is 0 Å². The molecular formula is C18H20N4O2S. The first-order valence-electron chi connectivity index (χ1n) is 8.00. The number of aromatic nitrogens is 3. The fourth-order valence-corrected chi connectivity index (χ4v) is 3.65. The van der Waals surface area contributed by atoms with E-state index in [9.17, 15) is 8.42 Å². The van der Waals surface area contributed by atoms with E-state index in [2.05, 4.69) is 14.8 Å². The van der Waals surface area contributed by atoms with Gasteiger partial charge >= 0.3 is 0 Å². The van der Waals surface area contributed by atoms with Crippen molar-refractivity contribution in [3.63, 3.8) is 0 Å². The number of nitrogens with one attached hydrogen (secondary N) is 1. The van der Waals surface area contributed by atoms with E-state index < -0.39 is 10.0 Å². The fourth-order valence-electron chi connectivity index (χ4n) is 2.53. The molecule has 0 amide bonds. The molecule has 0 radical (unpaired) electrons. The molecule has 3 rings (SSSR count). The quantitative estimate of drug-likeness (QED) is 0.705. The number of sulfonamides is 1. The predicted molar refractivity (Wildman–Crippen MR) is 97.3 cm³/mol. The molecule has 2 heterocycles. The van der Waals surface area contributed by atoms with E-state index in [1.165, 1.54) is 0 Å². The second kappa shape index (κ2) is 7.58. The van der Waals surface area contributed by atoms with Crippen molar-refractivity contribution < 1.29 is 8.42 Å². The summed E-state index contributed by atoms with van der Waals surface area (Å²) in [7, 11) is -3.37. The van der Waals surface area contributed by atoms with Crippen LogP contribution in [-0.4, -0.2) is 29.7 Å². The normalized spacial score (nSPS) is 11.6. The maximum absolute atomic E-state index is 12.2. The highest BCUT2D eigenvalue weighted by Gasteiger charge is 2.11. The van der Waals surface area contributed by atoms with E-state index >= 15 is 0 Å². The third-order valence-corrected chi connectivity index (χ3v) is 5.03. The molecule has 0 saturated carbocycles. The van der Waals surface area contributed by atoms with Gasteiger partial charge in [0.1, 0.15) is 5.69 Å². The minimum Gasteiger partial charge on any atom is -0.271 e. The molecule has 3 aromatic rings. The van der Waals surface area contributed by atoms with Gasteiger partial charge in [-0.25, -0.2) is 13.1 Å². The zero-order valence-corrected chi connectivity index (χ0v) is 14.8. The first kappa shape index (κ1) is 17.3. The molecule has 2 aromatic heterocycles. The molecule has 0 unspecified atom stereocenters. The van der Waals surface area contributed by atoms with E-state index in [0.717, 1.165) is 22.5 Å². The van der Waals surface area contributed by atoms with Crippen molar-refractivity contribution in [2.45, 2.75) is 19.2 Å². The maximum atomic E-state index is 12.2. The predicted octanol–water partition coefficient (Wildman–Crippen LogP) is 2.37. The van der Waals surface area contributed by atoms with E-state index in [-0.39, 0.29) is 12.3 Å². The minimum absolute atomic E-state index is 0.0209. The Morgan fingerprint density at radius 2 is 1.96 bits per heavy atom. The number of hydrogen-bond acceptors (Lipinski definition) is 4. The molecule has 0 fully saturated rings. The van der Waals surface area contributed by atoms with Crippen molar-refractivity contribution in [1.82, 2.24) is 19.5 Å². The Balaban J connectivity index is 1.55. The molecule has 0 atom stereocenters. The van der Waals surface area contributed by atoms with E-state index in [4.69, 9.17) is 0 Å². The van der Waals surface area contributed by atoms with E-state index in [0.29, 0.717) is 6.54 Å². The van der Waals surface area contributed by atoms with Crippen LogP contribution in [-0.2, 0) is 22.3 Å². The van der Waals surface area contributed by atoms with Gasteiger partial charge in [-0.2, -0.15) is 5.10 Å². The molecule has 6 nitrogen and oxygen atoms in total. The van der Waals surface area contributed by atoms with Gasteiger partial charge < -0.3 is 0 Å². The molecule has 25 heavy (non-hydrogen) atoms. The SMILES string of the molecule is Cc1cccc(CS(=O)(=O)NCCn2ccc(-c3ccccn3)n2)c1. The number of pyridine rings is 1. The third-order valence-electron chi connectivity index (χ3n) is 3.67. The fraction of sp³-hybridized carbons (Fsp3) is 0.222. The summed E-state index contributed by atoms with van der Waals surface area (Å²) in [6, 6.07) is 15.0. The summed E-state index contributed by atoms with van der Waals surface area (Å²) in [6.45, 7) is 2.69. The van der Waals surface area contributed by atoms with Crippen LogP contribution in [0.15, 0.2) is 60.9 Å². The molecule has 0 aliphatic rings. The van der Waals surface area contributed by atoms with Gasteiger partial charge in [0.2, 0.25) is 10.0 Å². The van der Waals surface area contributed by atoms with Gasteiger partial charge in [-0.15, -0.1) is 0 Å². The van der Waals surface area contributed by atoms with Crippen molar-refractivity contribution in [3.8, 4) is 11.4 Å². The lowest BCUT2D eigenvalue weighted by Gasteiger charge is -2.07. The number of nitrogens with zero attached hydrogens (tertiary/aromatic N) is 3. The second-order valence-corrected chi connectivity index (χ2v) is 7.63. The van der Waals surface area contributed by atoms with E-state index in [1.54, 1.807) is 10.9 Å². The lowest BCUT2D eigenvalue weighted by atomic mass is 10.2. The topological polar surface area (TPSA) is 76.9 Å². The van der Waals surface area contributed by atoms with Gasteiger partial charge in [0, 0.05) is 18.9 Å². The third kappa shape index (κ3) is 4.98. The molecule has 0 spiro atoms. The van der Waals surface area contributed by atoms with Crippen LogP contribution in [0.3, 0.4) is 0 Å². The lowest BCUT2D eigenvalue weighted by Crippen LogP contribution is -2.28. The Morgan fingerprint density at radius 3 is 2.72 bits per heavy atom. The summed E-state index contributed by atoms with van der Waals surface area (Å²) >= 11 is 0. The lowest BCUT2D eigenvalue weighted by molar-refractivity contribution is 0.560. The van der Waals surface area contributed by atoms with Gasteiger partial charge in [0.05, 0.1) is 18.0 Å². The largest absolute Gasteiger partial charge is 0.271 e. The maximum Gasteiger partial charge on any atom is 0.215 e. The monoisotopic (exact) mass is 356 g/mol. The smallest absolute Gasteiger partial charge is 0.215 e. The number of rotatable bonds is 7. The second-order valence-electron chi connectivity index (χ2n) is 5.82. The zero-order valence-electron chi connectivity index (χ0n) is 14.0. The van der Waals surface area contributed by atoms with Gasteiger partial charge in [0.15, 0.2) is 0 Å². The highest BCUT2D eigenvalue weighted by Crippen LogP contribution is 2.12. The Hall–Kier alpha value is -2.51. The van der Waals surface area contributed by atoms with Crippen LogP contribution in [0.5, 0.6) is 0 Å². The van der Waals surface area contributed by atoms with Crippen LogP contribution >= 0.6 is 0 Å². The number of benzene rings is 1. The van der Waals surface area contributed by atoms with Crippen molar-refractivity contribution in [3.05, 3.63) is 72.1 Å². The van der Waals surface area contributed by atoms with Gasteiger partial charge in [-0.1, -0.05) is 35.9 Å². The molecule has 0 aliphatic carbocycles. The Bertz CT molecular complexity index is 936. The van der Waals surface area contributed by atoms with Crippen LogP contribution in [0.4, 0.5) is 0 Å². The molecule has 1 N–H and O–H groups in total. The Kier molecular flexibility index (Phi) is 5.25. The zero-order chi connectivity index (χ0) is 17.7. The molecule has 130 valence electrons. The summed E-state index contributed by atoms with van der Waals surface area (Å²) in [5, 5.41) is 4.42. The van der Waals surface area contributed by atoms with Gasteiger partial charge in [-0.3, -0.25) is 9.67 Å². The van der Waals surface area contributed by atoms with Gasteiger partial charge in [-0.05, 0) is 30.7 Å². The van der Waals surface area contributed by atoms with Crippen LogP contribution in [0.1, 0.15) is 11.1 Å². The highest BCUT2D eigenvalue weighted by molar-refractivity contribution is 7.88. The summed E-state index contributed by atoms with van der Waals surface area (Å²) in [5.41, 5.74) is 3.39. The average molecular weight is 356 g/mol. The highest BCUT2D eigenvalue weighted by atomic mass is 32.2. The minimum atomic E-state index is -3.37. The first-order chi connectivity index (χ1) is 12.0. The van der Waals surface area contributed by atoms with Crippen LogP contribution in [0, 0.1) is 6.92 Å². The summed E-state index contributed by atoms with van der Waals surface area (Å²) in [4.78, 5) is 4.25. The van der Waals surface area contributed by atoms with Crippen LogP contribution < -0.4 is 4.72 Å². The van der Waals surface area contributed by atoms with Crippen LogP contribution in [0.25, 0.3) is 11.4 Å². The van der Waals surface area contributed by atoms with Crippen LogP contribution in [0.2, 0.25) is 0 Å². The molecule has 0 aliphatic heterocycles. The average Bonchev–Trinajstić information content (AvgIpc) is 3.04. The number of hydrogen-bond donors (Lipinski definition) is 1. The Morgan fingerprint density at radius 1 is 1.08 bits per heavy atom. The van der Waals surface area contributed by atoms with Crippen molar-refractivity contribution in [2.75, 3.05) is 6.54 Å². The van der Waals surface area contributed by atoms with Crippen molar-refractivity contribution in [2.24, 2.45) is 0 Å². The Labute approximate surface area is 147 Å².